The number of aromatic hydroxyl groups is 1. The predicted molar refractivity (Wildman–Crippen MR) is 64.7 cm³/mol. The summed E-state index contributed by atoms with van der Waals surface area (Å²) in [6.45, 7) is 1.85. The van der Waals surface area contributed by atoms with Gasteiger partial charge in [-0.25, -0.2) is 9.78 Å². The van der Waals surface area contributed by atoms with E-state index in [4.69, 9.17) is 0 Å². The smallest absolute Gasteiger partial charge is 0.331 e. The maximum atomic E-state index is 11.7. The molecule has 0 saturated carbocycles. The third-order valence-electron chi connectivity index (χ3n) is 2.84. The third-order valence-corrected chi connectivity index (χ3v) is 2.84. The molecule has 0 aliphatic heterocycles. The Morgan fingerprint density at radius 2 is 2.17 bits per heavy atom. The van der Waals surface area contributed by atoms with E-state index in [1.165, 1.54) is 0 Å². The van der Waals surface area contributed by atoms with Crippen molar-refractivity contribution in [2.24, 2.45) is 7.05 Å². The van der Waals surface area contributed by atoms with Crippen LogP contribution < -0.4 is 11.2 Å². The van der Waals surface area contributed by atoms with E-state index in [1.807, 2.05) is 0 Å². The van der Waals surface area contributed by atoms with Crippen LogP contribution >= 0.6 is 0 Å². The molecule has 7 heteroatoms. The molecule has 2 N–H and O–H groups in total. The summed E-state index contributed by atoms with van der Waals surface area (Å²) < 4.78 is 2.84. The summed E-state index contributed by atoms with van der Waals surface area (Å²) in [6.07, 6.45) is 3.69. The van der Waals surface area contributed by atoms with Gasteiger partial charge < -0.3 is 9.67 Å². The summed E-state index contributed by atoms with van der Waals surface area (Å²) in [5.74, 6) is 0.316. The highest BCUT2D eigenvalue weighted by atomic mass is 16.3. The molecule has 7 nitrogen and oxygen atoms in total. The fraction of sp³-hybridized carbons (Fsp3) is 0.364. The van der Waals surface area contributed by atoms with Crippen LogP contribution in [-0.4, -0.2) is 24.2 Å². The van der Waals surface area contributed by atoms with Crippen molar-refractivity contribution >= 4 is 0 Å². The van der Waals surface area contributed by atoms with Gasteiger partial charge in [0.2, 0.25) is 5.88 Å². The van der Waals surface area contributed by atoms with Crippen LogP contribution in [0.1, 0.15) is 18.3 Å². The molecule has 0 amide bonds. The number of aromatic amines is 1. The Labute approximate surface area is 102 Å². The Balaban J connectivity index is 2.55. The van der Waals surface area contributed by atoms with Gasteiger partial charge in [0.25, 0.3) is 5.56 Å². The van der Waals surface area contributed by atoms with Crippen molar-refractivity contribution in [2.75, 3.05) is 0 Å². The molecule has 0 aliphatic rings. The van der Waals surface area contributed by atoms with E-state index in [0.29, 0.717) is 12.2 Å². The Morgan fingerprint density at radius 1 is 1.44 bits per heavy atom. The van der Waals surface area contributed by atoms with Crippen molar-refractivity contribution < 1.29 is 5.11 Å². The Bertz CT molecular complexity index is 680. The number of rotatable bonds is 3. The zero-order valence-electron chi connectivity index (χ0n) is 10.2. The topological polar surface area (TPSA) is 92.9 Å². The van der Waals surface area contributed by atoms with E-state index < -0.39 is 11.2 Å². The molecule has 96 valence electrons. The van der Waals surface area contributed by atoms with Crippen molar-refractivity contribution in [1.82, 2.24) is 19.1 Å². The maximum Gasteiger partial charge on any atom is 0.331 e. The average molecular weight is 250 g/mol. The quantitative estimate of drug-likeness (QED) is 0.774. The number of hydrogen-bond acceptors (Lipinski definition) is 4. The maximum absolute atomic E-state index is 11.7. The average Bonchev–Trinajstić information content (AvgIpc) is 2.70. The molecule has 0 radical (unpaired) electrons. The summed E-state index contributed by atoms with van der Waals surface area (Å²) in [5, 5.41) is 9.95. The second-order valence-corrected chi connectivity index (χ2v) is 3.96. The van der Waals surface area contributed by atoms with Gasteiger partial charge in [-0.2, -0.15) is 0 Å². The molecule has 0 fully saturated rings. The summed E-state index contributed by atoms with van der Waals surface area (Å²) in [7, 11) is 1.79. The van der Waals surface area contributed by atoms with Gasteiger partial charge in [0, 0.05) is 19.4 Å². The van der Waals surface area contributed by atoms with Crippen LogP contribution in [0, 0.1) is 0 Å². The molecule has 2 aromatic rings. The molecule has 0 atom stereocenters. The van der Waals surface area contributed by atoms with Crippen LogP contribution in [-0.2, 0) is 20.0 Å². The summed E-state index contributed by atoms with van der Waals surface area (Å²) in [4.78, 5) is 29.4. The molecule has 0 aromatic carbocycles. The van der Waals surface area contributed by atoms with Gasteiger partial charge in [0.05, 0.1) is 12.1 Å². The fourth-order valence-electron chi connectivity index (χ4n) is 1.76. The lowest BCUT2D eigenvalue weighted by molar-refractivity contribution is 0.398. The van der Waals surface area contributed by atoms with Crippen LogP contribution in [0.4, 0.5) is 0 Å². The van der Waals surface area contributed by atoms with Crippen LogP contribution in [0.2, 0.25) is 0 Å². The van der Waals surface area contributed by atoms with E-state index in [9.17, 15) is 14.7 Å². The van der Waals surface area contributed by atoms with Gasteiger partial charge in [-0.05, 0) is 6.42 Å². The largest absolute Gasteiger partial charge is 0.494 e. The first kappa shape index (κ1) is 12.2. The minimum Gasteiger partial charge on any atom is -0.494 e. The second-order valence-electron chi connectivity index (χ2n) is 3.96. The molecule has 0 unspecified atom stereocenters. The summed E-state index contributed by atoms with van der Waals surface area (Å²) >= 11 is 0. The molecule has 2 aromatic heterocycles. The number of H-pyrrole nitrogens is 1. The van der Waals surface area contributed by atoms with Crippen LogP contribution in [0.25, 0.3) is 0 Å². The number of aromatic nitrogens is 4. The minimum absolute atomic E-state index is 0.109. The first-order valence-electron chi connectivity index (χ1n) is 5.55. The lowest BCUT2D eigenvalue weighted by atomic mass is 10.2. The number of nitrogens with zero attached hydrogens (tertiary/aromatic N) is 3. The zero-order valence-corrected chi connectivity index (χ0v) is 10.2. The van der Waals surface area contributed by atoms with Crippen LogP contribution in [0.5, 0.6) is 5.88 Å². The normalized spacial score (nSPS) is 10.8. The van der Waals surface area contributed by atoms with E-state index in [-0.39, 0.29) is 18.0 Å². The van der Waals surface area contributed by atoms with Gasteiger partial charge in [0.1, 0.15) is 5.82 Å². The summed E-state index contributed by atoms with van der Waals surface area (Å²) in [6, 6.07) is 0. The molecular weight excluding hydrogens is 236 g/mol. The van der Waals surface area contributed by atoms with Gasteiger partial charge in [-0.15, -0.1) is 0 Å². The van der Waals surface area contributed by atoms with E-state index in [2.05, 4.69) is 9.97 Å². The molecular formula is C11H14N4O3. The Morgan fingerprint density at radius 3 is 2.72 bits per heavy atom. The zero-order chi connectivity index (χ0) is 13.3. The molecule has 2 heterocycles. The molecule has 0 aliphatic carbocycles. The number of aryl methyl sites for hydroxylation is 1. The van der Waals surface area contributed by atoms with E-state index >= 15 is 0 Å². The minimum atomic E-state index is -0.641. The van der Waals surface area contributed by atoms with Gasteiger partial charge >= 0.3 is 5.69 Å². The van der Waals surface area contributed by atoms with Crippen molar-refractivity contribution in [1.29, 1.82) is 0 Å². The monoisotopic (exact) mass is 250 g/mol. The molecule has 18 heavy (non-hydrogen) atoms. The van der Waals surface area contributed by atoms with Crippen molar-refractivity contribution in [3.05, 3.63) is 44.6 Å². The summed E-state index contributed by atoms with van der Waals surface area (Å²) in [5.41, 5.74) is -0.988. The van der Waals surface area contributed by atoms with Gasteiger partial charge in [-0.3, -0.25) is 14.3 Å². The number of imidazole rings is 1. The standard InChI is InChI=1S/C11H14N4O3/c1-3-7-9(16)13-11(18)15(10(7)17)6-8-12-4-5-14(8)2/h4-5,17H,3,6H2,1-2H3,(H,13,16,18). The highest BCUT2D eigenvalue weighted by Gasteiger charge is 2.13. The number of hydrogen-bond donors (Lipinski definition) is 2. The van der Waals surface area contributed by atoms with Crippen molar-refractivity contribution in [3.63, 3.8) is 0 Å². The SMILES string of the molecule is CCc1c(O)n(Cc2nccn2C)c(=O)[nH]c1=O. The number of nitrogens with one attached hydrogen (secondary N) is 1. The van der Waals surface area contributed by atoms with Gasteiger partial charge in [-0.1, -0.05) is 6.92 Å². The van der Waals surface area contributed by atoms with Crippen molar-refractivity contribution in [3.8, 4) is 5.88 Å². The Kier molecular flexibility index (Phi) is 3.05. The third kappa shape index (κ3) is 1.94. The van der Waals surface area contributed by atoms with Gasteiger partial charge in [0.15, 0.2) is 0 Å². The van der Waals surface area contributed by atoms with Crippen molar-refractivity contribution in [2.45, 2.75) is 19.9 Å². The highest BCUT2D eigenvalue weighted by Crippen LogP contribution is 2.11. The Hall–Kier alpha value is -2.31. The first-order valence-corrected chi connectivity index (χ1v) is 5.55. The van der Waals surface area contributed by atoms with E-state index in [1.54, 1.807) is 30.9 Å². The fourth-order valence-corrected chi connectivity index (χ4v) is 1.76. The highest BCUT2D eigenvalue weighted by molar-refractivity contribution is 5.23. The molecule has 0 spiro atoms. The second kappa shape index (κ2) is 4.52. The van der Waals surface area contributed by atoms with E-state index in [0.717, 1.165) is 4.57 Å². The lowest BCUT2D eigenvalue weighted by Gasteiger charge is -2.10. The first-order chi connectivity index (χ1) is 8.54. The van der Waals surface area contributed by atoms with Crippen LogP contribution in [0.15, 0.2) is 22.0 Å². The molecule has 0 bridgehead atoms. The molecule has 0 saturated heterocycles. The molecule has 2 rings (SSSR count). The lowest BCUT2D eigenvalue weighted by Crippen LogP contribution is -2.32. The predicted octanol–water partition coefficient (Wildman–Crippen LogP) is -0.414. The van der Waals surface area contributed by atoms with Crippen LogP contribution in [0.3, 0.4) is 0 Å².